The molecule has 0 unspecified atom stereocenters. The van der Waals surface area contributed by atoms with Crippen LogP contribution in [-0.4, -0.2) is 25.7 Å². The van der Waals surface area contributed by atoms with Crippen LogP contribution in [0.4, 0.5) is 0 Å². The average molecular weight is 334 g/mol. The van der Waals surface area contributed by atoms with Crippen LogP contribution in [0.15, 0.2) is 42.5 Å². The van der Waals surface area contributed by atoms with Gasteiger partial charge in [0.15, 0.2) is 6.61 Å². The van der Waals surface area contributed by atoms with Gasteiger partial charge in [0.05, 0.1) is 11.6 Å². The second-order valence-corrected chi connectivity index (χ2v) is 5.52. The Bertz CT molecular complexity index is 673. The lowest BCUT2D eigenvalue weighted by Gasteiger charge is -2.12. The number of amides is 1. The van der Waals surface area contributed by atoms with Crippen molar-refractivity contribution in [2.24, 2.45) is 0 Å². The molecule has 0 fully saturated rings. The fraction of sp³-hybridized carbons (Fsp3) is 0.278. The zero-order valence-electron chi connectivity index (χ0n) is 13.3. The summed E-state index contributed by atoms with van der Waals surface area (Å²) in [6, 6.07) is 13.0. The van der Waals surface area contributed by atoms with Crippen molar-refractivity contribution in [3.8, 4) is 11.5 Å². The van der Waals surface area contributed by atoms with Crippen LogP contribution in [0.25, 0.3) is 0 Å². The first-order chi connectivity index (χ1) is 11.1. The predicted octanol–water partition coefficient (Wildman–Crippen LogP) is 3.53. The molecule has 0 saturated heterocycles. The number of carbonyl (C=O) groups is 1. The van der Waals surface area contributed by atoms with Crippen molar-refractivity contribution in [1.82, 2.24) is 5.32 Å². The van der Waals surface area contributed by atoms with E-state index in [1.165, 1.54) is 5.56 Å². The summed E-state index contributed by atoms with van der Waals surface area (Å²) < 4.78 is 11.0. The predicted molar refractivity (Wildman–Crippen MR) is 91.4 cm³/mol. The van der Waals surface area contributed by atoms with E-state index in [4.69, 9.17) is 21.1 Å². The van der Waals surface area contributed by atoms with E-state index in [1.807, 2.05) is 32.0 Å². The molecule has 1 amide bonds. The van der Waals surface area contributed by atoms with Crippen molar-refractivity contribution < 1.29 is 14.3 Å². The monoisotopic (exact) mass is 333 g/mol. The van der Waals surface area contributed by atoms with Crippen LogP contribution in [0.5, 0.6) is 11.5 Å². The molecule has 2 rings (SSSR count). The van der Waals surface area contributed by atoms with Gasteiger partial charge in [-0.25, -0.2) is 0 Å². The smallest absolute Gasteiger partial charge is 0.258 e. The van der Waals surface area contributed by atoms with Crippen molar-refractivity contribution >= 4 is 17.5 Å². The number of hydrogen-bond acceptors (Lipinski definition) is 3. The minimum Gasteiger partial charge on any atom is -0.491 e. The lowest BCUT2D eigenvalue weighted by atomic mass is 10.1. The van der Waals surface area contributed by atoms with E-state index in [-0.39, 0.29) is 12.5 Å². The van der Waals surface area contributed by atoms with E-state index in [1.54, 1.807) is 24.3 Å². The van der Waals surface area contributed by atoms with Gasteiger partial charge in [0, 0.05) is 0 Å². The quantitative estimate of drug-likeness (QED) is 0.788. The van der Waals surface area contributed by atoms with Crippen LogP contribution in [-0.2, 0) is 4.79 Å². The second kappa shape index (κ2) is 8.44. The molecular weight excluding hydrogens is 314 g/mol. The fourth-order valence-electron chi connectivity index (χ4n) is 1.99. The molecule has 2 aromatic carbocycles. The number of benzene rings is 2. The summed E-state index contributed by atoms with van der Waals surface area (Å²) in [7, 11) is 0. The van der Waals surface area contributed by atoms with Crippen molar-refractivity contribution in [2.45, 2.75) is 13.8 Å². The third-order valence-electron chi connectivity index (χ3n) is 3.43. The molecule has 5 heteroatoms. The third-order valence-corrected chi connectivity index (χ3v) is 3.74. The van der Waals surface area contributed by atoms with E-state index in [2.05, 4.69) is 5.32 Å². The Morgan fingerprint density at radius 1 is 1.04 bits per heavy atom. The van der Waals surface area contributed by atoms with E-state index < -0.39 is 0 Å². The molecule has 4 nitrogen and oxygen atoms in total. The molecule has 1 N–H and O–H groups in total. The highest BCUT2D eigenvalue weighted by molar-refractivity contribution is 6.32. The summed E-state index contributed by atoms with van der Waals surface area (Å²) in [5.41, 5.74) is 2.29. The zero-order valence-corrected chi connectivity index (χ0v) is 14.0. The molecule has 0 aliphatic heterocycles. The van der Waals surface area contributed by atoms with Gasteiger partial charge in [-0.2, -0.15) is 0 Å². The van der Waals surface area contributed by atoms with E-state index in [9.17, 15) is 4.79 Å². The standard InChI is InChI=1S/C18H20ClNO3/c1-13-6-5-9-16(14(13)2)22-11-10-20-18(21)12-23-17-8-4-3-7-15(17)19/h3-9H,10-12H2,1-2H3,(H,20,21). The summed E-state index contributed by atoms with van der Waals surface area (Å²) in [4.78, 5) is 11.7. The van der Waals surface area contributed by atoms with Crippen molar-refractivity contribution in [3.05, 3.63) is 58.6 Å². The third kappa shape index (κ3) is 5.18. The normalized spacial score (nSPS) is 10.2. The minimum atomic E-state index is -0.213. The first-order valence-electron chi connectivity index (χ1n) is 7.41. The Balaban J connectivity index is 1.69. The van der Waals surface area contributed by atoms with E-state index >= 15 is 0 Å². The molecule has 0 atom stereocenters. The molecule has 23 heavy (non-hydrogen) atoms. The van der Waals surface area contributed by atoms with Gasteiger partial charge in [0.25, 0.3) is 5.91 Å². The SMILES string of the molecule is Cc1cccc(OCCNC(=O)COc2ccccc2Cl)c1C. The maximum absolute atomic E-state index is 11.7. The molecule has 0 aliphatic rings. The molecule has 2 aromatic rings. The van der Waals surface area contributed by atoms with Gasteiger partial charge in [-0.1, -0.05) is 35.9 Å². The number of halogens is 1. The Kier molecular flexibility index (Phi) is 6.29. The molecule has 0 spiro atoms. The van der Waals surface area contributed by atoms with Crippen LogP contribution < -0.4 is 14.8 Å². The molecule has 0 heterocycles. The molecule has 122 valence electrons. The largest absolute Gasteiger partial charge is 0.491 e. The number of hydrogen-bond donors (Lipinski definition) is 1. The Labute approximate surface area is 141 Å². The molecule has 0 aromatic heterocycles. The minimum absolute atomic E-state index is 0.0762. The highest BCUT2D eigenvalue weighted by Crippen LogP contribution is 2.22. The Morgan fingerprint density at radius 3 is 2.57 bits per heavy atom. The number of nitrogens with one attached hydrogen (secondary N) is 1. The lowest BCUT2D eigenvalue weighted by molar-refractivity contribution is -0.123. The van der Waals surface area contributed by atoms with Gasteiger partial charge < -0.3 is 14.8 Å². The summed E-state index contributed by atoms with van der Waals surface area (Å²) in [6.45, 7) is 4.80. The molecule has 0 radical (unpaired) electrons. The number of para-hydroxylation sites is 1. The van der Waals surface area contributed by atoms with Crippen molar-refractivity contribution in [2.75, 3.05) is 19.8 Å². The van der Waals surface area contributed by atoms with Crippen LogP contribution in [0.2, 0.25) is 5.02 Å². The van der Waals surface area contributed by atoms with Crippen LogP contribution in [0.3, 0.4) is 0 Å². The second-order valence-electron chi connectivity index (χ2n) is 5.12. The van der Waals surface area contributed by atoms with E-state index in [0.29, 0.717) is 23.9 Å². The number of aryl methyl sites for hydroxylation is 1. The fourth-order valence-corrected chi connectivity index (χ4v) is 2.18. The summed E-state index contributed by atoms with van der Waals surface area (Å²) in [5, 5.41) is 3.23. The topological polar surface area (TPSA) is 47.6 Å². The van der Waals surface area contributed by atoms with Crippen molar-refractivity contribution in [1.29, 1.82) is 0 Å². The number of carbonyl (C=O) groups excluding carboxylic acids is 1. The summed E-state index contributed by atoms with van der Waals surface area (Å²) in [6.07, 6.45) is 0. The number of rotatable bonds is 7. The van der Waals surface area contributed by atoms with Gasteiger partial charge in [-0.15, -0.1) is 0 Å². The van der Waals surface area contributed by atoms with Crippen LogP contribution in [0, 0.1) is 13.8 Å². The van der Waals surface area contributed by atoms with Gasteiger partial charge in [-0.05, 0) is 43.2 Å². The lowest BCUT2D eigenvalue weighted by Crippen LogP contribution is -2.32. The van der Waals surface area contributed by atoms with E-state index in [0.717, 1.165) is 11.3 Å². The molecule has 0 saturated carbocycles. The maximum atomic E-state index is 11.7. The highest BCUT2D eigenvalue weighted by Gasteiger charge is 2.05. The molecule has 0 bridgehead atoms. The van der Waals surface area contributed by atoms with Gasteiger partial charge >= 0.3 is 0 Å². The van der Waals surface area contributed by atoms with Gasteiger partial charge in [-0.3, -0.25) is 4.79 Å². The molecule has 0 aliphatic carbocycles. The summed E-state index contributed by atoms with van der Waals surface area (Å²) in [5.74, 6) is 1.12. The average Bonchev–Trinajstić information content (AvgIpc) is 2.54. The Hall–Kier alpha value is -2.20. The van der Waals surface area contributed by atoms with Crippen LogP contribution in [0.1, 0.15) is 11.1 Å². The Morgan fingerprint density at radius 2 is 1.78 bits per heavy atom. The van der Waals surface area contributed by atoms with Crippen LogP contribution >= 0.6 is 11.6 Å². The first kappa shape index (κ1) is 17.2. The van der Waals surface area contributed by atoms with Gasteiger partial charge in [0.2, 0.25) is 0 Å². The highest BCUT2D eigenvalue weighted by atomic mass is 35.5. The van der Waals surface area contributed by atoms with Crippen molar-refractivity contribution in [3.63, 3.8) is 0 Å². The maximum Gasteiger partial charge on any atom is 0.258 e. The first-order valence-corrected chi connectivity index (χ1v) is 7.79. The van der Waals surface area contributed by atoms with Gasteiger partial charge in [0.1, 0.15) is 18.1 Å². The molecular formula is C18H20ClNO3. The summed E-state index contributed by atoms with van der Waals surface area (Å²) >= 11 is 5.95. The number of ether oxygens (including phenoxy) is 2. The zero-order chi connectivity index (χ0) is 16.7.